The zero-order valence-electron chi connectivity index (χ0n) is 14.5. The van der Waals surface area contributed by atoms with E-state index in [1.54, 1.807) is 39.7 Å². The molecule has 1 N–H and O–H groups in total. The molecule has 0 aliphatic carbocycles. The molecule has 27 heavy (non-hydrogen) atoms. The summed E-state index contributed by atoms with van der Waals surface area (Å²) >= 11 is 0. The molecule has 140 valence electrons. The second kappa shape index (κ2) is 6.58. The van der Waals surface area contributed by atoms with E-state index in [1.165, 1.54) is 6.07 Å². The van der Waals surface area contributed by atoms with E-state index in [4.69, 9.17) is 0 Å². The highest BCUT2D eigenvalue weighted by Gasteiger charge is 2.26. The predicted octanol–water partition coefficient (Wildman–Crippen LogP) is 1.63. The third-order valence-electron chi connectivity index (χ3n) is 4.65. The minimum Gasteiger partial charge on any atom is -0.379 e. The maximum absolute atomic E-state index is 13.4. The normalized spacial score (nSPS) is 14.9. The van der Waals surface area contributed by atoms with Crippen LogP contribution in [-0.4, -0.2) is 41.8 Å². The van der Waals surface area contributed by atoms with Crippen molar-refractivity contribution in [2.75, 3.05) is 6.54 Å². The van der Waals surface area contributed by atoms with Crippen molar-refractivity contribution < 1.29 is 18.7 Å². The van der Waals surface area contributed by atoms with Gasteiger partial charge in [-0.2, -0.15) is 5.10 Å². The molecule has 1 aliphatic rings. The number of rotatable bonds is 3. The van der Waals surface area contributed by atoms with Crippen molar-refractivity contribution in [2.45, 2.75) is 19.2 Å². The number of hydrogen-bond acceptors (Lipinski definition) is 4. The highest BCUT2D eigenvalue weighted by atomic mass is 19.2. The van der Waals surface area contributed by atoms with Crippen molar-refractivity contribution in [3.8, 4) is 0 Å². The first kappa shape index (κ1) is 17.3. The standard InChI is InChI=1S/C18H17F2N5O2/c1-23-5-4-21-17(23)16(26)15-9-12-10-24(6-7-25(12)22-15)18(27)11-2-3-13(19)14(20)8-11/h2-5,8-9,16,26H,6-7,10H2,1H3. The molecule has 0 saturated carbocycles. The lowest BCUT2D eigenvalue weighted by atomic mass is 10.1. The van der Waals surface area contributed by atoms with Crippen LogP contribution in [0.2, 0.25) is 0 Å². The van der Waals surface area contributed by atoms with Crippen molar-refractivity contribution in [3.63, 3.8) is 0 Å². The summed E-state index contributed by atoms with van der Waals surface area (Å²) in [7, 11) is 1.78. The summed E-state index contributed by atoms with van der Waals surface area (Å²) in [4.78, 5) is 18.3. The molecule has 0 bridgehead atoms. The fraction of sp³-hybridized carbons (Fsp3) is 0.278. The average molecular weight is 373 g/mol. The molecule has 9 heteroatoms. The third-order valence-corrected chi connectivity index (χ3v) is 4.65. The summed E-state index contributed by atoms with van der Waals surface area (Å²) in [5.74, 6) is -1.95. The molecule has 1 amide bonds. The number of carbonyl (C=O) groups is 1. The van der Waals surface area contributed by atoms with Crippen LogP contribution in [0.25, 0.3) is 0 Å². The van der Waals surface area contributed by atoms with Gasteiger partial charge in [-0.15, -0.1) is 0 Å². The van der Waals surface area contributed by atoms with Gasteiger partial charge in [0.2, 0.25) is 0 Å². The number of imidazole rings is 1. The monoisotopic (exact) mass is 373 g/mol. The minimum atomic E-state index is -1.05. The molecule has 4 rings (SSSR count). The quantitative estimate of drug-likeness (QED) is 0.757. The number of aliphatic hydroxyl groups is 1. The maximum Gasteiger partial charge on any atom is 0.254 e. The lowest BCUT2D eigenvalue weighted by Gasteiger charge is -2.27. The summed E-state index contributed by atoms with van der Waals surface area (Å²) in [6.45, 7) is 1.08. The Kier molecular flexibility index (Phi) is 4.23. The Morgan fingerprint density at radius 1 is 1.22 bits per heavy atom. The van der Waals surface area contributed by atoms with E-state index in [1.807, 2.05) is 0 Å². The van der Waals surface area contributed by atoms with Crippen LogP contribution in [0.5, 0.6) is 0 Å². The number of carbonyl (C=O) groups excluding carboxylic acids is 1. The van der Waals surface area contributed by atoms with Gasteiger partial charge in [0.25, 0.3) is 5.91 Å². The Balaban J connectivity index is 1.55. The van der Waals surface area contributed by atoms with Crippen molar-refractivity contribution in [1.82, 2.24) is 24.2 Å². The van der Waals surface area contributed by atoms with Crippen LogP contribution < -0.4 is 0 Å². The summed E-state index contributed by atoms with van der Waals surface area (Å²) in [6, 6.07) is 4.84. The number of aliphatic hydroxyl groups excluding tert-OH is 1. The van der Waals surface area contributed by atoms with Gasteiger partial charge in [-0.05, 0) is 24.3 Å². The number of hydrogen-bond donors (Lipinski definition) is 1. The Morgan fingerprint density at radius 2 is 2.04 bits per heavy atom. The fourth-order valence-corrected chi connectivity index (χ4v) is 3.18. The van der Waals surface area contributed by atoms with Gasteiger partial charge < -0.3 is 14.6 Å². The van der Waals surface area contributed by atoms with Crippen LogP contribution in [0, 0.1) is 11.6 Å². The highest BCUT2D eigenvalue weighted by molar-refractivity contribution is 5.94. The number of aromatic nitrogens is 4. The number of halogens is 2. The Hall–Kier alpha value is -3.07. The van der Waals surface area contributed by atoms with E-state index < -0.39 is 17.7 Å². The lowest BCUT2D eigenvalue weighted by molar-refractivity contribution is 0.0705. The van der Waals surface area contributed by atoms with Crippen LogP contribution in [-0.2, 0) is 20.1 Å². The smallest absolute Gasteiger partial charge is 0.254 e. The van der Waals surface area contributed by atoms with E-state index in [0.29, 0.717) is 24.6 Å². The first-order valence-corrected chi connectivity index (χ1v) is 8.40. The highest BCUT2D eigenvalue weighted by Crippen LogP contribution is 2.23. The number of aryl methyl sites for hydroxylation is 1. The lowest BCUT2D eigenvalue weighted by Crippen LogP contribution is -2.38. The van der Waals surface area contributed by atoms with Crippen LogP contribution >= 0.6 is 0 Å². The summed E-state index contributed by atoms with van der Waals surface area (Å²) < 4.78 is 29.9. The van der Waals surface area contributed by atoms with Crippen molar-refractivity contribution >= 4 is 5.91 Å². The van der Waals surface area contributed by atoms with Gasteiger partial charge in [0, 0.05) is 31.5 Å². The number of benzene rings is 1. The summed E-state index contributed by atoms with van der Waals surface area (Å²) in [5, 5.41) is 14.9. The molecule has 2 aromatic heterocycles. The van der Waals surface area contributed by atoms with E-state index in [9.17, 15) is 18.7 Å². The molecule has 7 nitrogen and oxygen atoms in total. The Morgan fingerprint density at radius 3 is 2.74 bits per heavy atom. The van der Waals surface area contributed by atoms with Crippen LogP contribution in [0.15, 0.2) is 36.7 Å². The molecule has 1 atom stereocenters. The van der Waals surface area contributed by atoms with E-state index in [0.717, 1.165) is 17.8 Å². The van der Waals surface area contributed by atoms with Gasteiger partial charge in [0.15, 0.2) is 17.7 Å². The van der Waals surface area contributed by atoms with Gasteiger partial charge in [0.1, 0.15) is 5.82 Å². The molecule has 0 spiro atoms. The molecule has 1 aromatic carbocycles. The topological polar surface area (TPSA) is 76.2 Å². The molecule has 1 unspecified atom stereocenters. The molecular weight excluding hydrogens is 356 g/mol. The SMILES string of the molecule is Cn1ccnc1C(O)c1cc2n(n1)CCN(C(=O)c1ccc(F)c(F)c1)C2. The van der Waals surface area contributed by atoms with Crippen LogP contribution in [0.4, 0.5) is 8.78 Å². The zero-order chi connectivity index (χ0) is 19.1. The largest absolute Gasteiger partial charge is 0.379 e. The number of nitrogens with zero attached hydrogens (tertiary/aromatic N) is 5. The van der Waals surface area contributed by atoms with E-state index in [-0.39, 0.29) is 18.0 Å². The van der Waals surface area contributed by atoms with Gasteiger partial charge in [0.05, 0.1) is 24.5 Å². The molecule has 0 radical (unpaired) electrons. The van der Waals surface area contributed by atoms with Gasteiger partial charge in [-0.25, -0.2) is 13.8 Å². The second-order valence-corrected chi connectivity index (χ2v) is 6.44. The van der Waals surface area contributed by atoms with Crippen molar-refractivity contribution in [1.29, 1.82) is 0 Å². The Labute approximate surface area is 153 Å². The average Bonchev–Trinajstić information content (AvgIpc) is 3.28. The van der Waals surface area contributed by atoms with Gasteiger partial charge in [-0.1, -0.05) is 0 Å². The maximum atomic E-state index is 13.4. The minimum absolute atomic E-state index is 0.0927. The first-order chi connectivity index (χ1) is 12.9. The predicted molar refractivity (Wildman–Crippen MR) is 90.6 cm³/mol. The molecular formula is C18H17F2N5O2. The second-order valence-electron chi connectivity index (χ2n) is 6.44. The molecule has 3 aromatic rings. The van der Waals surface area contributed by atoms with E-state index >= 15 is 0 Å². The van der Waals surface area contributed by atoms with Gasteiger partial charge >= 0.3 is 0 Å². The van der Waals surface area contributed by atoms with Gasteiger partial charge in [-0.3, -0.25) is 9.48 Å². The summed E-state index contributed by atoms with van der Waals surface area (Å²) in [6.07, 6.45) is 2.35. The van der Waals surface area contributed by atoms with Crippen molar-refractivity contribution in [2.24, 2.45) is 7.05 Å². The number of amides is 1. The third kappa shape index (κ3) is 3.10. The van der Waals surface area contributed by atoms with Crippen molar-refractivity contribution in [3.05, 3.63) is 71.1 Å². The zero-order valence-corrected chi connectivity index (χ0v) is 14.5. The Bertz CT molecular complexity index is 1010. The van der Waals surface area contributed by atoms with Crippen LogP contribution in [0.1, 0.15) is 33.7 Å². The first-order valence-electron chi connectivity index (χ1n) is 8.40. The fourth-order valence-electron chi connectivity index (χ4n) is 3.18. The van der Waals surface area contributed by atoms with Crippen LogP contribution in [0.3, 0.4) is 0 Å². The molecule has 3 heterocycles. The molecule has 0 saturated heterocycles. The molecule has 0 fully saturated rings. The van der Waals surface area contributed by atoms with E-state index in [2.05, 4.69) is 10.1 Å². The number of fused-ring (bicyclic) bond motifs is 1. The summed E-state index contributed by atoms with van der Waals surface area (Å²) in [5.41, 5.74) is 1.29. The molecule has 1 aliphatic heterocycles.